The third-order valence-electron chi connectivity index (χ3n) is 2.50. The second kappa shape index (κ2) is 5.04. The molecule has 2 heterocycles. The van der Waals surface area contributed by atoms with E-state index in [9.17, 15) is 4.79 Å². The summed E-state index contributed by atoms with van der Waals surface area (Å²) in [6.07, 6.45) is 2.01. The number of aromatic nitrogens is 2. The van der Waals surface area contributed by atoms with Crippen LogP contribution in [0.3, 0.4) is 0 Å². The molecule has 0 fully saturated rings. The smallest absolute Gasteiger partial charge is 0.239 e. The first-order chi connectivity index (χ1) is 9.21. The Morgan fingerprint density at radius 1 is 1.32 bits per heavy atom. The number of thiazole rings is 2. The van der Waals surface area contributed by atoms with Gasteiger partial charge in [0.05, 0.1) is 27.0 Å². The van der Waals surface area contributed by atoms with Gasteiger partial charge in [-0.2, -0.15) is 0 Å². The molecule has 0 saturated carbocycles. The fourth-order valence-corrected chi connectivity index (χ4v) is 4.34. The molecule has 5 nitrogen and oxygen atoms in total. The van der Waals surface area contributed by atoms with Gasteiger partial charge in [0.15, 0.2) is 9.47 Å². The second-order valence-electron chi connectivity index (χ2n) is 3.72. The maximum Gasteiger partial charge on any atom is 0.239 e. The van der Waals surface area contributed by atoms with Crippen LogP contribution in [0.1, 0.15) is 0 Å². The number of amides is 1. The molecule has 0 aliphatic heterocycles. The zero-order valence-electron chi connectivity index (χ0n) is 9.97. The first-order valence-corrected chi connectivity index (χ1v) is 8.31. The van der Waals surface area contributed by atoms with Gasteiger partial charge in [-0.15, -0.1) is 11.3 Å². The highest BCUT2D eigenvalue weighted by Gasteiger charge is 2.12. The van der Waals surface area contributed by atoms with Crippen LogP contribution in [-0.2, 0) is 4.79 Å². The zero-order chi connectivity index (χ0) is 13.4. The van der Waals surface area contributed by atoms with Crippen LogP contribution in [0.5, 0.6) is 0 Å². The van der Waals surface area contributed by atoms with Crippen LogP contribution < -0.4 is 11.1 Å². The average molecular weight is 310 g/mol. The van der Waals surface area contributed by atoms with Crippen molar-refractivity contribution in [3.8, 4) is 0 Å². The molecule has 3 N–H and O–H groups in total. The van der Waals surface area contributed by atoms with Crippen LogP contribution in [0.15, 0.2) is 16.5 Å². The summed E-state index contributed by atoms with van der Waals surface area (Å²) in [6.45, 7) is -0.0392. The van der Waals surface area contributed by atoms with Crippen LogP contribution in [0.4, 0.5) is 5.13 Å². The normalized spacial score (nSPS) is 11.3. The van der Waals surface area contributed by atoms with Gasteiger partial charge in [-0.3, -0.25) is 4.79 Å². The summed E-state index contributed by atoms with van der Waals surface area (Å²) in [7, 11) is 0. The summed E-state index contributed by atoms with van der Waals surface area (Å²) in [5.41, 5.74) is 7.13. The highest BCUT2D eigenvalue weighted by molar-refractivity contribution is 8.00. The molecule has 0 unspecified atom stereocenters. The Labute approximate surface area is 121 Å². The van der Waals surface area contributed by atoms with E-state index in [1.807, 2.05) is 18.4 Å². The number of thioether (sulfide) groups is 1. The highest BCUT2D eigenvalue weighted by atomic mass is 32.2. The minimum atomic E-state index is -0.232. The average Bonchev–Trinajstić information content (AvgIpc) is 3.00. The molecule has 3 rings (SSSR count). The Morgan fingerprint density at radius 2 is 2.00 bits per heavy atom. The zero-order valence-corrected chi connectivity index (χ0v) is 12.4. The Morgan fingerprint density at radius 3 is 2.68 bits per heavy atom. The predicted octanol–water partition coefficient (Wildman–Crippen LogP) is 2.53. The number of fused-ring (bicyclic) bond motifs is 3. The Bertz CT molecular complexity index is 764. The van der Waals surface area contributed by atoms with Crippen molar-refractivity contribution < 1.29 is 4.79 Å². The summed E-state index contributed by atoms with van der Waals surface area (Å²) < 4.78 is 3.21. The van der Waals surface area contributed by atoms with Crippen LogP contribution in [0, 0.1) is 0 Å². The Kier molecular flexibility index (Phi) is 3.40. The van der Waals surface area contributed by atoms with Crippen molar-refractivity contribution in [3.05, 3.63) is 12.1 Å². The number of hydrogen-bond acceptors (Lipinski definition) is 7. The lowest BCUT2D eigenvalue weighted by molar-refractivity contribution is -0.114. The predicted molar refractivity (Wildman–Crippen MR) is 82.3 cm³/mol. The fourth-order valence-electron chi connectivity index (χ4n) is 1.66. The van der Waals surface area contributed by atoms with Crippen molar-refractivity contribution in [3.63, 3.8) is 0 Å². The molecule has 1 amide bonds. The molecule has 8 heteroatoms. The first-order valence-electron chi connectivity index (χ1n) is 5.45. The number of carbonyl (C=O) groups is 1. The largest absolute Gasteiger partial charge is 0.322 e. The number of benzene rings is 1. The molecular formula is C11H10N4OS3. The van der Waals surface area contributed by atoms with E-state index in [0.717, 1.165) is 24.8 Å². The summed E-state index contributed by atoms with van der Waals surface area (Å²) in [4.78, 5) is 20.2. The van der Waals surface area contributed by atoms with Crippen molar-refractivity contribution in [2.24, 2.45) is 5.73 Å². The first kappa shape index (κ1) is 12.8. The number of nitrogens with two attached hydrogens (primary N) is 1. The van der Waals surface area contributed by atoms with Crippen molar-refractivity contribution in [2.45, 2.75) is 4.34 Å². The van der Waals surface area contributed by atoms with E-state index in [1.165, 1.54) is 11.3 Å². The van der Waals surface area contributed by atoms with E-state index >= 15 is 0 Å². The van der Waals surface area contributed by atoms with Gasteiger partial charge in [-0.1, -0.05) is 23.1 Å². The number of rotatable bonds is 3. The highest BCUT2D eigenvalue weighted by Crippen LogP contribution is 2.37. The lowest BCUT2D eigenvalue weighted by Crippen LogP contribution is -2.21. The molecular weight excluding hydrogens is 300 g/mol. The van der Waals surface area contributed by atoms with Crippen LogP contribution in [-0.4, -0.2) is 28.7 Å². The maximum absolute atomic E-state index is 11.3. The molecule has 0 aliphatic carbocycles. The monoisotopic (exact) mass is 310 g/mol. The summed E-state index contributed by atoms with van der Waals surface area (Å²) >= 11 is 4.74. The standard InChI is InChI=1S/C11H10N4OS3/c1-17-11-14-6-3-2-5-8(9(6)19-11)18-10(13-5)15-7(16)4-12/h2-3H,4,12H2,1H3,(H,13,15,16). The van der Waals surface area contributed by atoms with E-state index in [0.29, 0.717) is 5.13 Å². The number of carbonyl (C=O) groups excluding carboxylic acids is 1. The lowest BCUT2D eigenvalue weighted by Gasteiger charge is -1.95. The van der Waals surface area contributed by atoms with Gasteiger partial charge in [-0.25, -0.2) is 9.97 Å². The third-order valence-corrected chi connectivity index (χ3v) is 5.71. The van der Waals surface area contributed by atoms with Crippen molar-refractivity contribution in [1.29, 1.82) is 0 Å². The molecule has 0 radical (unpaired) electrons. The minimum absolute atomic E-state index is 0.0392. The van der Waals surface area contributed by atoms with Crippen molar-refractivity contribution in [1.82, 2.24) is 9.97 Å². The molecule has 0 bridgehead atoms. The van der Waals surface area contributed by atoms with Crippen LogP contribution in [0.25, 0.3) is 20.4 Å². The van der Waals surface area contributed by atoms with Gasteiger partial charge in [-0.05, 0) is 18.4 Å². The van der Waals surface area contributed by atoms with Crippen LogP contribution in [0.2, 0.25) is 0 Å². The molecule has 0 atom stereocenters. The fraction of sp³-hybridized carbons (Fsp3) is 0.182. The summed E-state index contributed by atoms with van der Waals surface area (Å²) in [5.74, 6) is -0.232. The molecule has 19 heavy (non-hydrogen) atoms. The third kappa shape index (κ3) is 2.32. The Balaban J connectivity index is 2.13. The van der Waals surface area contributed by atoms with Gasteiger partial charge in [0.25, 0.3) is 0 Å². The minimum Gasteiger partial charge on any atom is -0.322 e. The van der Waals surface area contributed by atoms with E-state index in [2.05, 4.69) is 15.3 Å². The quantitative estimate of drug-likeness (QED) is 0.727. The molecule has 2 aromatic heterocycles. The topological polar surface area (TPSA) is 80.9 Å². The van der Waals surface area contributed by atoms with E-state index < -0.39 is 0 Å². The van der Waals surface area contributed by atoms with Crippen molar-refractivity contribution >= 4 is 65.9 Å². The Hall–Kier alpha value is -1.22. The lowest BCUT2D eigenvalue weighted by atomic mass is 10.3. The van der Waals surface area contributed by atoms with Gasteiger partial charge < -0.3 is 11.1 Å². The van der Waals surface area contributed by atoms with Gasteiger partial charge in [0, 0.05) is 0 Å². The molecule has 98 valence electrons. The van der Waals surface area contributed by atoms with Gasteiger partial charge in [0.2, 0.25) is 5.91 Å². The van der Waals surface area contributed by atoms with Crippen molar-refractivity contribution in [2.75, 3.05) is 18.1 Å². The van der Waals surface area contributed by atoms with Crippen LogP contribution >= 0.6 is 34.4 Å². The van der Waals surface area contributed by atoms with E-state index in [4.69, 9.17) is 5.73 Å². The number of anilines is 1. The number of nitrogens with one attached hydrogen (secondary N) is 1. The molecule has 3 aromatic rings. The summed E-state index contributed by atoms with van der Waals surface area (Å²) in [5, 5.41) is 3.27. The summed E-state index contributed by atoms with van der Waals surface area (Å²) in [6, 6.07) is 3.89. The maximum atomic E-state index is 11.3. The van der Waals surface area contributed by atoms with E-state index in [1.54, 1.807) is 23.1 Å². The van der Waals surface area contributed by atoms with E-state index in [-0.39, 0.29) is 12.5 Å². The molecule has 0 saturated heterocycles. The molecule has 1 aromatic carbocycles. The SMILES string of the molecule is CSc1nc2ccc3nc(NC(=O)CN)sc3c2s1. The van der Waals surface area contributed by atoms with Gasteiger partial charge in [0.1, 0.15) is 0 Å². The molecule has 0 spiro atoms. The van der Waals surface area contributed by atoms with Gasteiger partial charge >= 0.3 is 0 Å². The number of hydrogen-bond donors (Lipinski definition) is 2. The second-order valence-corrected chi connectivity index (χ2v) is 6.77. The number of nitrogens with zero attached hydrogens (tertiary/aromatic N) is 2. The molecule has 0 aliphatic rings.